The zero-order valence-corrected chi connectivity index (χ0v) is 13.2. The van der Waals surface area contributed by atoms with Gasteiger partial charge < -0.3 is 9.84 Å². The molecule has 0 bridgehead atoms. The summed E-state index contributed by atoms with van der Waals surface area (Å²) in [6.07, 6.45) is 0. The van der Waals surface area contributed by atoms with Crippen molar-refractivity contribution in [1.82, 2.24) is 15.5 Å². The number of amides is 1. The maximum atomic E-state index is 13.0. The van der Waals surface area contributed by atoms with Crippen molar-refractivity contribution in [2.75, 3.05) is 0 Å². The van der Waals surface area contributed by atoms with E-state index in [2.05, 4.69) is 15.5 Å². The molecular formula is C18H13FN4O2. The first-order valence-electron chi connectivity index (χ1n) is 7.47. The molecule has 0 saturated heterocycles. The Hall–Kier alpha value is -3.53. The van der Waals surface area contributed by atoms with Crippen LogP contribution < -0.4 is 5.32 Å². The molecule has 0 aliphatic rings. The first-order chi connectivity index (χ1) is 12.1. The summed E-state index contributed by atoms with van der Waals surface area (Å²) < 4.78 is 18.1. The SMILES string of the molecule is CC(NC(=O)c1ccc(C#N)cc1)c1nc(-c2ccc(F)cc2)no1. The molecule has 25 heavy (non-hydrogen) atoms. The Labute approximate surface area is 142 Å². The quantitative estimate of drug-likeness (QED) is 0.789. The average molecular weight is 336 g/mol. The van der Waals surface area contributed by atoms with Crippen molar-refractivity contribution in [2.45, 2.75) is 13.0 Å². The number of carbonyl (C=O) groups excluding carboxylic acids is 1. The van der Waals surface area contributed by atoms with Crippen molar-refractivity contribution in [1.29, 1.82) is 5.26 Å². The summed E-state index contributed by atoms with van der Waals surface area (Å²) in [6.45, 7) is 1.71. The van der Waals surface area contributed by atoms with Crippen molar-refractivity contribution in [2.24, 2.45) is 0 Å². The third kappa shape index (κ3) is 3.70. The third-order valence-electron chi connectivity index (χ3n) is 3.54. The minimum absolute atomic E-state index is 0.237. The highest BCUT2D eigenvalue weighted by molar-refractivity contribution is 5.94. The van der Waals surface area contributed by atoms with Crippen LogP contribution in [0.2, 0.25) is 0 Å². The fraction of sp³-hybridized carbons (Fsp3) is 0.111. The van der Waals surface area contributed by atoms with Crippen LogP contribution in [-0.4, -0.2) is 16.0 Å². The van der Waals surface area contributed by atoms with Crippen LogP contribution in [0, 0.1) is 17.1 Å². The smallest absolute Gasteiger partial charge is 0.251 e. The average Bonchev–Trinajstić information content (AvgIpc) is 3.12. The maximum Gasteiger partial charge on any atom is 0.251 e. The molecule has 0 saturated carbocycles. The Balaban J connectivity index is 1.70. The van der Waals surface area contributed by atoms with E-state index in [1.165, 1.54) is 12.1 Å². The number of carbonyl (C=O) groups is 1. The van der Waals surface area contributed by atoms with Gasteiger partial charge in [0.15, 0.2) is 0 Å². The molecule has 1 aromatic heterocycles. The lowest BCUT2D eigenvalue weighted by atomic mass is 10.1. The van der Waals surface area contributed by atoms with Crippen LogP contribution >= 0.6 is 0 Å². The van der Waals surface area contributed by atoms with Gasteiger partial charge in [0, 0.05) is 11.1 Å². The molecule has 6 nitrogen and oxygen atoms in total. The van der Waals surface area contributed by atoms with E-state index in [0.717, 1.165) is 0 Å². The molecule has 0 fully saturated rings. The molecule has 7 heteroatoms. The normalized spacial score (nSPS) is 11.6. The van der Waals surface area contributed by atoms with Gasteiger partial charge >= 0.3 is 0 Å². The van der Waals surface area contributed by atoms with Crippen LogP contribution in [-0.2, 0) is 0 Å². The molecule has 0 aliphatic heterocycles. The molecule has 1 atom stereocenters. The fourth-order valence-corrected chi connectivity index (χ4v) is 2.17. The molecule has 1 heterocycles. The minimum atomic E-state index is -0.509. The predicted molar refractivity (Wildman–Crippen MR) is 86.7 cm³/mol. The van der Waals surface area contributed by atoms with E-state index in [0.29, 0.717) is 22.5 Å². The van der Waals surface area contributed by atoms with Gasteiger partial charge in [-0.25, -0.2) is 4.39 Å². The zero-order chi connectivity index (χ0) is 17.8. The van der Waals surface area contributed by atoms with Gasteiger partial charge in [-0.1, -0.05) is 5.16 Å². The number of nitrogens with zero attached hydrogens (tertiary/aromatic N) is 3. The van der Waals surface area contributed by atoms with Crippen LogP contribution in [0.1, 0.15) is 34.8 Å². The minimum Gasteiger partial charge on any atom is -0.341 e. The Morgan fingerprint density at radius 2 is 1.88 bits per heavy atom. The topological polar surface area (TPSA) is 91.8 Å². The van der Waals surface area contributed by atoms with Gasteiger partial charge in [0.25, 0.3) is 5.91 Å². The molecule has 0 radical (unpaired) electrons. The van der Waals surface area contributed by atoms with Crippen molar-refractivity contribution < 1.29 is 13.7 Å². The molecule has 3 rings (SSSR count). The van der Waals surface area contributed by atoms with E-state index in [1.54, 1.807) is 43.3 Å². The monoisotopic (exact) mass is 336 g/mol. The number of halogens is 1. The van der Waals surface area contributed by atoms with Crippen LogP contribution in [0.4, 0.5) is 4.39 Å². The molecule has 0 spiro atoms. The predicted octanol–water partition coefficient (Wildman–Crippen LogP) is 3.24. The standard InChI is InChI=1S/C18H13FN4O2/c1-11(21-17(24)14-4-2-12(10-20)3-5-14)18-22-16(23-25-18)13-6-8-15(19)9-7-13/h2-9,11H,1H3,(H,21,24). The zero-order valence-electron chi connectivity index (χ0n) is 13.2. The molecule has 1 amide bonds. The second kappa shape index (κ2) is 6.93. The highest BCUT2D eigenvalue weighted by atomic mass is 19.1. The van der Waals surface area contributed by atoms with E-state index in [-0.39, 0.29) is 17.6 Å². The van der Waals surface area contributed by atoms with Gasteiger partial charge in [-0.05, 0) is 55.5 Å². The highest BCUT2D eigenvalue weighted by Crippen LogP contribution is 2.19. The van der Waals surface area contributed by atoms with Gasteiger partial charge in [0.2, 0.25) is 11.7 Å². The number of aromatic nitrogens is 2. The Bertz CT molecular complexity index is 927. The van der Waals surface area contributed by atoms with Crippen LogP contribution in [0.15, 0.2) is 53.1 Å². The van der Waals surface area contributed by atoms with Crippen molar-refractivity contribution in [3.63, 3.8) is 0 Å². The molecular weight excluding hydrogens is 323 g/mol. The van der Waals surface area contributed by atoms with E-state index >= 15 is 0 Å². The number of rotatable bonds is 4. The summed E-state index contributed by atoms with van der Waals surface area (Å²) in [7, 11) is 0. The molecule has 1 unspecified atom stereocenters. The summed E-state index contributed by atoms with van der Waals surface area (Å²) in [6, 6.07) is 13.5. The van der Waals surface area contributed by atoms with Crippen molar-refractivity contribution in [3.05, 3.63) is 71.4 Å². The largest absolute Gasteiger partial charge is 0.341 e. The molecule has 3 aromatic rings. The summed E-state index contributed by atoms with van der Waals surface area (Å²) in [5, 5.41) is 15.4. The summed E-state index contributed by atoms with van der Waals surface area (Å²) in [5.41, 5.74) is 1.51. The highest BCUT2D eigenvalue weighted by Gasteiger charge is 2.18. The number of nitriles is 1. The van der Waals surface area contributed by atoms with Crippen LogP contribution in [0.25, 0.3) is 11.4 Å². The van der Waals surface area contributed by atoms with Crippen molar-refractivity contribution >= 4 is 5.91 Å². The number of hydrogen-bond acceptors (Lipinski definition) is 5. The fourth-order valence-electron chi connectivity index (χ4n) is 2.17. The van der Waals surface area contributed by atoms with Gasteiger partial charge in [0.1, 0.15) is 11.9 Å². The lowest BCUT2D eigenvalue weighted by Crippen LogP contribution is -2.26. The van der Waals surface area contributed by atoms with E-state index in [9.17, 15) is 9.18 Å². The van der Waals surface area contributed by atoms with Gasteiger partial charge in [-0.2, -0.15) is 10.2 Å². The maximum absolute atomic E-state index is 13.0. The first kappa shape index (κ1) is 16.3. The lowest BCUT2D eigenvalue weighted by molar-refractivity contribution is 0.0932. The number of benzene rings is 2. The second-order valence-electron chi connectivity index (χ2n) is 5.35. The second-order valence-corrected chi connectivity index (χ2v) is 5.35. The van der Waals surface area contributed by atoms with Gasteiger partial charge in [-0.3, -0.25) is 4.79 Å². The molecule has 2 aromatic carbocycles. The first-order valence-corrected chi connectivity index (χ1v) is 7.47. The Morgan fingerprint density at radius 3 is 2.52 bits per heavy atom. The third-order valence-corrected chi connectivity index (χ3v) is 3.54. The van der Waals surface area contributed by atoms with E-state index in [1.807, 2.05) is 6.07 Å². The van der Waals surface area contributed by atoms with Gasteiger partial charge in [-0.15, -0.1) is 0 Å². The summed E-state index contributed by atoms with van der Waals surface area (Å²) >= 11 is 0. The Morgan fingerprint density at radius 1 is 1.20 bits per heavy atom. The summed E-state index contributed by atoms with van der Waals surface area (Å²) in [4.78, 5) is 16.4. The van der Waals surface area contributed by atoms with E-state index < -0.39 is 6.04 Å². The molecule has 0 aliphatic carbocycles. The molecule has 124 valence electrons. The Kier molecular flexibility index (Phi) is 4.53. The van der Waals surface area contributed by atoms with Crippen molar-refractivity contribution in [3.8, 4) is 17.5 Å². The number of nitrogens with one attached hydrogen (secondary N) is 1. The van der Waals surface area contributed by atoms with Crippen LogP contribution in [0.5, 0.6) is 0 Å². The summed E-state index contributed by atoms with van der Waals surface area (Å²) in [5.74, 6) is -0.121. The van der Waals surface area contributed by atoms with E-state index in [4.69, 9.17) is 9.78 Å². The number of hydrogen-bond donors (Lipinski definition) is 1. The van der Waals surface area contributed by atoms with Gasteiger partial charge in [0.05, 0.1) is 11.6 Å². The van der Waals surface area contributed by atoms with Crippen LogP contribution in [0.3, 0.4) is 0 Å². The lowest BCUT2D eigenvalue weighted by Gasteiger charge is -2.09. The molecule has 1 N–H and O–H groups in total.